The summed E-state index contributed by atoms with van der Waals surface area (Å²) in [6.07, 6.45) is 3.27. The summed E-state index contributed by atoms with van der Waals surface area (Å²) in [6.45, 7) is 0. The molecule has 4 aromatic rings. The summed E-state index contributed by atoms with van der Waals surface area (Å²) >= 11 is 15.8. The maximum atomic E-state index is 9.65. The molecule has 2 aromatic carbocycles. The largest absolute Gasteiger partial charge is 0.505 e. The summed E-state index contributed by atoms with van der Waals surface area (Å²) in [7, 11) is 0. The first-order valence-electron chi connectivity index (χ1n) is 7.23. The van der Waals surface area contributed by atoms with Crippen LogP contribution in [0.25, 0.3) is 21.8 Å². The van der Waals surface area contributed by atoms with E-state index in [1.54, 1.807) is 30.6 Å². The van der Waals surface area contributed by atoms with Gasteiger partial charge >= 0.3 is 0 Å². The van der Waals surface area contributed by atoms with Crippen molar-refractivity contribution in [3.8, 4) is 11.5 Å². The van der Waals surface area contributed by atoms with E-state index in [9.17, 15) is 10.2 Å². The molecule has 2 N–H and O–H groups in total. The smallest absolute Gasteiger partial charge is 0.160 e. The van der Waals surface area contributed by atoms with Crippen molar-refractivity contribution in [1.82, 2.24) is 9.97 Å². The molecule has 0 aliphatic carbocycles. The van der Waals surface area contributed by atoms with Gasteiger partial charge in [0.2, 0.25) is 0 Å². The number of phenols is 2. The van der Waals surface area contributed by atoms with Gasteiger partial charge in [-0.25, -0.2) is 0 Å². The van der Waals surface area contributed by atoms with E-state index in [1.165, 1.54) is 0 Å². The standard InChI is InChI=1S/C9H5Br2NO.C9H5BrClNO/c2*10-6-4-7(11)9(13)8-5(6)2-1-3-12-8/h2*1-4,13H. The van der Waals surface area contributed by atoms with Crippen molar-refractivity contribution in [2.24, 2.45) is 0 Å². The summed E-state index contributed by atoms with van der Waals surface area (Å²) in [5.74, 6) is 0.208. The second-order valence-corrected chi connectivity index (χ2v) is 8.15. The highest BCUT2D eigenvalue weighted by atomic mass is 79.9. The molecule has 4 nitrogen and oxygen atoms in total. The van der Waals surface area contributed by atoms with Crippen LogP contribution in [0, 0.1) is 0 Å². The van der Waals surface area contributed by atoms with Crippen molar-refractivity contribution in [3.63, 3.8) is 0 Å². The normalized spacial score (nSPS) is 10.6. The van der Waals surface area contributed by atoms with Gasteiger partial charge in [0.05, 0.1) is 9.50 Å². The van der Waals surface area contributed by atoms with E-state index in [0.717, 1.165) is 19.7 Å². The van der Waals surface area contributed by atoms with Crippen LogP contribution in [0.5, 0.6) is 11.5 Å². The number of fused-ring (bicyclic) bond motifs is 2. The van der Waals surface area contributed by atoms with Crippen molar-refractivity contribution in [3.05, 3.63) is 67.2 Å². The Balaban J connectivity index is 0.000000151. The number of halogens is 4. The van der Waals surface area contributed by atoms with E-state index in [-0.39, 0.29) is 11.5 Å². The summed E-state index contributed by atoms with van der Waals surface area (Å²) in [5, 5.41) is 21.3. The van der Waals surface area contributed by atoms with Gasteiger partial charge in [-0.1, -0.05) is 55.6 Å². The molecular formula is C18H10Br3ClN2O2. The maximum Gasteiger partial charge on any atom is 0.160 e. The van der Waals surface area contributed by atoms with E-state index in [0.29, 0.717) is 20.5 Å². The molecule has 0 bridgehead atoms. The monoisotopic (exact) mass is 558 g/mol. The van der Waals surface area contributed by atoms with Gasteiger partial charge in [-0.05, 0) is 40.2 Å². The van der Waals surface area contributed by atoms with Crippen LogP contribution in [0.4, 0.5) is 0 Å². The predicted molar refractivity (Wildman–Crippen MR) is 115 cm³/mol. The topological polar surface area (TPSA) is 66.2 Å². The summed E-state index contributed by atoms with van der Waals surface area (Å²) in [5.41, 5.74) is 1.12. The van der Waals surface area contributed by atoms with Crippen LogP contribution in [0.3, 0.4) is 0 Å². The lowest BCUT2D eigenvalue weighted by molar-refractivity contribution is 0.477. The number of pyridine rings is 2. The average molecular weight is 561 g/mol. The number of aromatic hydroxyl groups is 2. The Morgan fingerprint density at radius 3 is 1.81 bits per heavy atom. The second kappa shape index (κ2) is 8.08. The third-order valence-electron chi connectivity index (χ3n) is 3.54. The molecule has 0 aliphatic heterocycles. The number of nitrogens with zero attached hydrogens (tertiary/aromatic N) is 2. The van der Waals surface area contributed by atoms with Crippen LogP contribution in [0.15, 0.2) is 62.2 Å². The Kier molecular flexibility index (Phi) is 6.02. The molecule has 8 heteroatoms. The van der Waals surface area contributed by atoms with Gasteiger partial charge in [0, 0.05) is 32.1 Å². The van der Waals surface area contributed by atoms with Crippen molar-refractivity contribution in [1.29, 1.82) is 0 Å². The lowest BCUT2D eigenvalue weighted by atomic mass is 10.2. The first-order valence-corrected chi connectivity index (χ1v) is 9.99. The fourth-order valence-electron chi connectivity index (χ4n) is 2.31. The quantitative estimate of drug-likeness (QED) is 0.247. The summed E-state index contributed by atoms with van der Waals surface area (Å²) in [4.78, 5) is 8.13. The lowest BCUT2D eigenvalue weighted by Gasteiger charge is -2.03. The maximum absolute atomic E-state index is 9.65. The molecule has 132 valence electrons. The van der Waals surface area contributed by atoms with Gasteiger partial charge in [0.25, 0.3) is 0 Å². The van der Waals surface area contributed by atoms with Crippen LogP contribution in [0.1, 0.15) is 0 Å². The van der Waals surface area contributed by atoms with Crippen molar-refractivity contribution >= 4 is 81.2 Å². The molecule has 2 aromatic heterocycles. The number of phenolic OH excluding ortho intramolecular Hbond substituents is 2. The molecule has 0 unspecified atom stereocenters. The van der Waals surface area contributed by atoms with Gasteiger partial charge in [0.15, 0.2) is 11.5 Å². The van der Waals surface area contributed by atoms with E-state index < -0.39 is 0 Å². The Hall–Kier alpha value is -1.41. The minimum atomic E-state index is 0.0282. The molecule has 26 heavy (non-hydrogen) atoms. The average Bonchev–Trinajstić information content (AvgIpc) is 2.65. The first kappa shape index (κ1) is 19.4. The van der Waals surface area contributed by atoms with Crippen LogP contribution < -0.4 is 0 Å². The highest BCUT2D eigenvalue weighted by Crippen LogP contribution is 2.36. The molecule has 2 heterocycles. The van der Waals surface area contributed by atoms with Crippen molar-refractivity contribution < 1.29 is 10.2 Å². The third kappa shape index (κ3) is 3.81. The van der Waals surface area contributed by atoms with Crippen LogP contribution in [-0.2, 0) is 0 Å². The predicted octanol–water partition coefficient (Wildman–Crippen LogP) is 6.82. The number of hydrogen-bond acceptors (Lipinski definition) is 4. The molecule has 4 rings (SSSR count). The van der Waals surface area contributed by atoms with Crippen molar-refractivity contribution in [2.75, 3.05) is 0 Å². The Bertz CT molecular complexity index is 1030. The van der Waals surface area contributed by atoms with Gasteiger partial charge in [0.1, 0.15) is 11.0 Å². The third-order valence-corrected chi connectivity index (χ3v) is 5.74. The summed E-state index contributed by atoms with van der Waals surface area (Å²) < 4.78 is 2.39. The van der Waals surface area contributed by atoms with Gasteiger partial charge in [-0.2, -0.15) is 0 Å². The molecular weight excluding hydrogens is 551 g/mol. The number of rotatable bonds is 0. The zero-order chi connectivity index (χ0) is 18.8. The van der Waals surface area contributed by atoms with E-state index >= 15 is 0 Å². The molecule has 0 saturated heterocycles. The molecule has 0 fully saturated rings. The molecule has 0 radical (unpaired) electrons. The minimum absolute atomic E-state index is 0.0282. The van der Waals surface area contributed by atoms with E-state index in [2.05, 4.69) is 57.8 Å². The minimum Gasteiger partial charge on any atom is -0.505 e. The van der Waals surface area contributed by atoms with E-state index in [4.69, 9.17) is 11.6 Å². The Morgan fingerprint density at radius 2 is 1.23 bits per heavy atom. The Morgan fingerprint density at radius 1 is 0.731 bits per heavy atom. The van der Waals surface area contributed by atoms with Crippen LogP contribution >= 0.6 is 59.4 Å². The molecule has 0 atom stereocenters. The Labute approximate surface area is 179 Å². The van der Waals surface area contributed by atoms with Crippen LogP contribution in [0.2, 0.25) is 5.02 Å². The summed E-state index contributed by atoms with van der Waals surface area (Å²) in [6, 6.07) is 10.9. The second-order valence-electron chi connectivity index (χ2n) is 5.18. The fourth-order valence-corrected chi connectivity index (χ4v) is 4.47. The van der Waals surface area contributed by atoms with Crippen LogP contribution in [-0.4, -0.2) is 20.2 Å². The SMILES string of the molecule is Oc1c(Br)cc(Br)c2cccnc12.Oc1c(Cl)cc(Br)c2cccnc12. The van der Waals surface area contributed by atoms with E-state index in [1.807, 2.05) is 18.2 Å². The molecule has 0 amide bonds. The number of hydrogen-bond donors (Lipinski definition) is 2. The zero-order valence-electron chi connectivity index (χ0n) is 12.9. The van der Waals surface area contributed by atoms with Crippen molar-refractivity contribution in [2.45, 2.75) is 0 Å². The first-order chi connectivity index (χ1) is 12.4. The van der Waals surface area contributed by atoms with Gasteiger partial charge in [-0.15, -0.1) is 0 Å². The molecule has 0 saturated carbocycles. The zero-order valence-corrected chi connectivity index (χ0v) is 18.4. The highest BCUT2D eigenvalue weighted by Gasteiger charge is 2.09. The molecule has 0 aliphatic rings. The lowest BCUT2D eigenvalue weighted by Crippen LogP contribution is -1.81. The molecule has 0 spiro atoms. The van der Waals surface area contributed by atoms with Gasteiger partial charge < -0.3 is 10.2 Å². The van der Waals surface area contributed by atoms with Gasteiger partial charge in [-0.3, -0.25) is 9.97 Å². The number of aromatic nitrogens is 2. The fraction of sp³-hybridized carbons (Fsp3) is 0. The number of benzene rings is 2. The highest BCUT2D eigenvalue weighted by molar-refractivity contribution is 9.11.